The first-order valence-electron chi connectivity index (χ1n) is 9.74. The van der Waals surface area contributed by atoms with Crippen LogP contribution in [0.1, 0.15) is 57.8 Å². The van der Waals surface area contributed by atoms with Gasteiger partial charge in [-0.15, -0.1) is 0 Å². The molecule has 1 N–H and O–H groups in total. The van der Waals surface area contributed by atoms with Crippen molar-refractivity contribution in [1.29, 1.82) is 0 Å². The second-order valence-corrected chi connectivity index (χ2v) is 8.59. The van der Waals surface area contributed by atoms with Crippen LogP contribution in [0.3, 0.4) is 0 Å². The Kier molecular flexibility index (Phi) is 3.31. The summed E-state index contributed by atoms with van der Waals surface area (Å²) in [6, 6.07) is 0.634. The lowest BCUT2D eigenvalue weighted by atomic mass is 9.54. The second kappa shape index (κ2) is 5.39. The molecule has 0 aromatic rings. The average molecular weight is 312 g/mol. The van der Waals surface area contributed by atoms with E-state index < -0.39 is 0 Å². The number of carbonyl (C=O) groups excluding carboxylic acids is 1. The maximum absolute atomic E-state index is 13.0. The molecule has 0 unspecified atom stereocenters. The van der Waals surface area contributed by atoms with Crippen LogP contribution in [-0.2, 0) is 0 Å². The molecule has 0 aromatic heterocycles. The molecule has 0 radical (unpaired) electrons. The summed E-state index contributed by atoms with van der Waals surface area (Å²) in [5, 5.41) is 3.48. The highest BCUT2D eigenvalue weighted by molar-refractivity contribution is 5.77. The van der Waals surface area contributed by atoms with Crippen molar-refractivity contribution in [3.8, 4) is 0 Å². The van der Waals surface area contributed by atoms with Crippen molar-refractivity contribution in [3.05, 3.63) is 23.4 Å². The van der Waals surface area contributed by atoms with Crippen LogP contribution in [0.5, 0.6) is 0 Å². The molecule has 0 aromatic carbocycles. The third-order valence-electron chi connectivity index (χ3n) is 7.16. The number of nitrogens with zero attached hydrogens (tertiary/aromatic N) is 1. The molecule has 1 aliphatic heterocycles. The molecule has 0 atom stereocenters. The standard InChI is InChI=1S/C20H28N2O/c23-20(22-7-3-5-15-4-1-2-6-18(15)22)21-19-16-9-13-8-14(11-16)12-17(19)10-13/h2,6,13-14,16-17,19H,1,3-5,7-12H2,(H,21,23). The summed E-state index contributed by atoms with van der Waals surface area (Å²) in [6.07, 6.45) is 16.0. The summed E-state index contributed by atoms with van der Waals surface area (Å²) in [7, 11) is 0. The lowest BCUT2D eigenvalue weighted by molar-refractivity contribution is -0.0106. The van der Waals surface area contributed by atoms with Gasteiger partial charge < -0.3 is 5.32 Å². The number of amides is 2. The SMILES string of the molecule is O=C(NC1C2CC3CC(C2)CC1C3)N1CCCC2=C1C=CCC2. The van der Waals surface area contributed by atoms with Gasteiger partial charge in [0.2, 0.25) is 0 Å². The van der Waals surface area contributed by atoms with Crippen LogP contribution >= 0.6 is 0 Å². The molecule has 0 saturated heterocycles. The first-order chi connectivity index (χ1) is 11.3. The van der Waals surface area contributed by atoms with Crippen molar-refractivity contribution in [2.75, 3.05) is 6.54 Å². The van der Waals surface area contributed by atoms with E-state index in [4.69, 9.17) is 0 Å². The number of carbonyl (C=O) groups is 1. The fourth-order valence-corrected chi connectivity index (χ4v) is 6.40. The number of hydrogen-bond acceptors (Lipinski definition) is 1. The number of hydrogen-bond donors (Lipinski definition) is 1. The van der Waals surface area contributed by atoms with Gasteiger partial charge in [-0.1, -0.05) is 6.08 Å². The van der Waals surface area contributed by atoms with E-state index in [9.17, 15) is 4.79 Å². The van der Waals surface area contributed by atoms with Crippen LogP contribution in [0.15, 0.2) is 23.4 Å². The van der Waals surface area contributed by atoms with Gasteiger partial charge in [-0.3, -0.25) is 4.90 Å². The van der Waals surface area contributed by atoms with E-state index in [1.165, 1.54) is 49.8 Å². The molecule has 3 nitrogen and oxygen atoms in total. The lowest BCUT2D eigenvalue weighted by Crippen LogP contribution is -2.58. The van der Waals surface area contributed by atoms with E-state index in [0.717, 1.165) is 49.5 Å². The van der Waals surface area contributed by atoms with Gasteiger partial charge in [0.05, 0.1) is 0 Å². The Morgan fingerprint density at radius 3 is 2.52 bits per heavy atom. The zero-order chi connectivity index (χ0) is 15.4. The highest BCUT2D eigenvalue weighted by atomic mass is 16.2. The summed E-state index contributed by atoms with van der Waals surface area (Å²) in [5.74, 6) is 3.46. The third kappa shape index (κ3) is 2.35. The molecule has 0 spiro atoms. The molecule has 5 aliphatic carbocycles. The zero-order valence-electron chi connectivity index (χ0n) is 14.0. The smallest absolute Gasteiger partial charge is 0.322 e. The minimum absolute atomic E-state index is 0.182. The monoisotopic (exact) mass is 312 g/mol. The van der Waals surface area contributed by atoms with Gasteiger partial charge in [-0.05, 0) is 93.1 Å². The number of rotatable bonds is 1. The molecule has 2 amide bonds. The maximum Gasteiger partial charge on any atom is 0.322 e. The van der Waals surface area contributed by atoms with Crippen LogP contribution in [0.25, 0.3) is 0 Å². The fourth-order valence-electron chi connectivity index (χ4n) is 6.40. The molecular formula is C20H28N2O. The Hall–Kier alpha value is -1.25. The van der Waals surface area contributed by atoms with Crippen LogP contribution in [0, 0.1) is 23.7 Å². The quantitative estimate of drug-likeness (QED) is 0.772. The Morgan fingerprint density at radius 1 is 1.04 bits per heavy atom. The second-order valence-electron chi connectivity index (χ2n) is 8.59. The number of allylic oxidation sites excluding steroid dienone is 3. The highest BCUT2D eigenvalue weighted by Crippen LogP contribution is 2.53. The molecule has 6 aliphatic rings. The van der Waals surface area contributed by atoms with E-state index in [-0.39, 0.29) is 6.03 Å². The molecule has 124 valence electrons. The van der Waals surface area contributed by atoms with Gasteiger partial charge in [0.15, 0.2) is 0 Å². The van der Waals surface area contributed by atoms with Gasteiger partial charge in [-0.25, -0.2) is 4.79 Å². The summed E-state index contributed by atoms with van der Waals surface area (Å²) >= 11 is 0. The highest BCUT2D eigenvalue weighted by Gasteiger charge is 2.49. The van der Waals surface area contributed by atoms with Crippen LogP contribution < -0.4 is 5.32 Å². The first-order valence-corrected chi connectivity index (χ1v) is 9.74. The van der Waals surface area contributed by atoms with E-state index in [1.54, 1.807) is 0 Å². The van der Waals surface area contributed by atoms with E-state index in [0.29, 0.717) is 6.04 Å². The van der Waals surface area contributed by atoms with Gasteiger partial charge in [0.25, 0.3) is 0 Å². The van der Waals surface area contributed by atoms with Gasteiger partial charge >= 0.3 is 6.03 Å². The lowest BCUT2D eigenvalue weighted by Gasteiger charge is -2.54. The maximum atomic E-state index is 13.0. The molecule has 3 heteroatoms. The number of urea groups is 1. The number of nitrogens with one attached hydrogen (secondary N) is 1. The predicted octanol–water partition coefficient (Wildman–Crippen LogP) is 4.22. The fraction of sp³-hybridized carbons (Fsp3) is 0.750. The van der Waals surface area contributed by atoms with Crippen molar-refractivity contribution in [2.24, 2.45) is 23.7 Å². The Morgan fingerprint density at radius 2 is 1.78 bits per heavy atom. The van der Waals surface area contributed by atoms with E-state index in [1.807, 2.05) is 4.90 Å². The van der Waals surface area contributed by atoms with Gasteiger partial charge in [0.1, 0.15) is 0 Å². The molecule has 6 rings (SSSR count). The molecule has 4 saturated carbocycles. The Bertz CT molecular complexity index is 548. The van der Waals surface area contributed by atoms with Crippen molar-refractivity contribution in [3.63, 3.8) is 0 Å². The van der Waals surface area contributed by atoms with Crippen LogP contribution in [0.2, 0.25) is 0 Å². The molecule has 4 bridgehead atoms. The van der Waals surface area contributed by atoms with Crippen LogP contribution in [-0.4, -0.2) is 23.5 Å². The topological polar surface area (TPSA) is 32.3 Å². The summed E-state index contributed by atoms with van der Waals surface area (Å²) < 4.78 is 0. The zero-order valence-corrected chi connectivity index (χ0v) is 14.0. The third-order valence-corrected chi connectivity index (χ3v) is 7.16. The van der Waals surface area contributed by atoms with E-state index >= 15 is 0 Å². The van der Waals surface area contributed by atoms with Crippen LogP contribution in [0.4, 0.5) is 4.79 Å². The van der Waals surface area contributed by atoms with Crippen molar-refractivity contribution in [2.45, 2.75) is 63.8 Å². The average Bonchev–Trinajstić information content (AvgIpc) is 2.57. The Labute approximate surface area is 139 Å². The first kappa shape index (κ1) is 14.1. The minimum Gasteiger partial charge on any atom is -0.334 e. The van der Waals surface area contributed by atoms with Gasteiger partial charge in [0, 0.05) is 18.3 Å². The minimum atomic E-state index is 0.182. The predicted molar refractivity (Wildman–Crippen MR) is 90.7 cm³/mol. The summed E-state index contributed by atoms with van der Waals surface area (Å²) in [6.45, 7) is 0.891. The summed E-state index contributed by atoms with van der Waals surface area (Å²) in [5.41, 5.74) is 2.71. The van der Waals surface area contributed by atoms with Crippen molar-refractivity contribution in [1.82, 2.24) is 10.2 Å². The molecule has 23 heavy (non-hydrogen) atoms. The van der Waals surface area contributed by atoms with Crippen molar-refractivity contribution < 1.29 is 4.79 Å². The molecule has 1 heterocycles. The largest absolute Gasteiger partial charge is 0.334 e. The van der Waals surface area contributed by atoms with Crippen molar-refractivity contribution >= 4 is 6.03 Å². The summed E-state index contributed by atoms with van der Waals surface area (Å²) in [4.78, 5) is 15.0. The van der Waals surface area contributed by atoms with E-state index in [2.05, 4.69) is 17.5 Å². The molecular weight excluding hydrogens is 284 g/mol. The normalized spacial score (nSPS) is 41.2. The van der Waals surface area contributed by atoms with Gasteiger partial charge in [-0.2, -0.15) is 0 Å². The Balaban J connectivity index is 1.33. The molecule has 4 fully saturated rings.